The van der Waals surface area contributed by atoms with Crippen LogP contribution in [0, 0.1) is 0 Å². The Kier molecular flexibility index (Phi) is 1.83. The van der Waals surface area contributed by atoms with Gasteiger partial charge in [-0.2, -0.15) is 10.2 Å². The van der Waals surface area contributed by atoms with Crippen LogP contribution in [-0.2, 0) is 0 Å². The lowest BCUT2D eigenvalue weighted by atomic mass is 10.1. The first-order valence-corrected chi connectivity index (χ1v) is 4.83. The first-order valence-electron chi connectivity index (χ1n) is 4.83. The third-order valence-electron chi connectivity index (χ3n) is 2.37. The van der Waals surface area contributed by atoms with E-state index in [2.05, 4.69) is 15.3 Å². The van der Waals surface area contributed by atoms with E-state index in [9.17, 15) is 4.79 Å². The third-order valence-corrected chi connectivity index (χ3v) is 2.37. The number of rotatable bonds is 1. The first-order chi connectivity index (χ1) is 7.84. The maximum atomic E-state index is 11.4. The van der Waals surface area contributed by atoms with Crippen LogP contribution in [-0.4, -0.2) is 19.8 Å². The number of benzene rings is 1. The molecule has 5 nitrogen and oxygen atoms in total. The van der Waals surface area contributed by atoms with E-state index < -0.39 is 0 Å². The van der Waals surface area contributed by atoms with Crippen molar-refractivity contribution in [2.45, 2.75) is 0 Å². The summed E-state index contributed by atoms with van der Waals surface area (Å²) in [6, 6.07) is 11.4. The highest BCUT2D eigenvalue weighted by Crippen LogP contribution is 2.16. The van der Waals surface area contributed by atoms with Crippen molar-refractivity contribution in [1.82, 2.24) is 19.8 Å². The minimum atomic E-state index is -0.239. The molecule has 0 fully saturated rings. The number of hydrogen-bond donors (Lipinski definition) is 1. The summed E-state index contributed by atoms with van der Waals surface area (Å²) in [5.41, 5.74) is 2.00. The predicted octanol–water partition coefficient (Wildman–Crippen LogP) is 1.08. The van der Waals surface area contributed by atoms with Crippen LogP contribution < -0.4 is 5.56 Å². The Morgan fingerprint density at radius 2 is 2.00 bits per heavy atom. The van der Waals surface area contributed by atoms with Crippen LogP contribution in [0.5, 0.6) is 0 Å². The lowest BCUT2D eigenvalue weighted by Gasteiger charge is -1.92. The van der Waals surface area contributed by atoms with Crippen LogP contribution in [0.3, 0.4) is 0 Å². The fraction of sp³-hybridized carbons (Fsp3) is 0. The molecular weight excluding hydrogens is 204 g/mol. The Labute approximate surface area is 90.4 Å². The van der Waals surface area contributed by atoms with Gasteiger partial charge in [0.1, 0.15) is 11.8 Å². The molecule has 0 aliphatic heterocycles. The van der Waals surface area contributed by atoms with Crippen molar-refractivity contribution in [2.75, 3.05) is 0 Å². The van der Waals surface area contributed by atoms with Gasteiger partial charge in [-0.1, -0.05) is 30.3 Å². The van der Waals surface area contributed by atoms with Gasteiger partial charge in [0.15, 0.2) is 0 Å². The number of nitrogens with zero attached hydrogens (tertiary/aromatic N) is 3. The minimum Gasteiger partial charge on any atom is -0.266 e. The molecule has 0 bridgehead atoms. The summed E-state index contributed by atoms with van der Waals surface area (Å²) in [4.78, 5) is 11.4. The molecule has 1 N–H and O–H groups in total. The molecule has 0 saturated carbocycles. The van der Waals surface area contributed by atoms with Gasteiger partial charge < -0.3 is 0 Å². The van der Waals surface area contributed by atoms with Crippen LogP contribution in [0.2, 0.25) is 0 Å². The highest BCUT2D eigenvalue weighted by molar-refractivity contribution is 5.64. The van der Waals surface area contributed by atoms with E-state index in [1.807, 2.05) is 30.3 Å². The molecule has 5 heteroatoms. The van der Waals surface area contributed by atoms with E-state index in [0.717, 1.165) is 11.3 Å². The second kappa shape index (κ2) is 3.30. The zero-order valence-corrected chi connectivity index (χ0v) is 8.29. The van der Waals surface area contributed by atoms with Crippen molar-refractivity contribution in [3.05, 3.63) is 53.1 Å². The van der Waals surface area contributed by atoms with Gasteiger partial charge in [-0.25, -0.2) is 9.61 Å². The van der Waals surface area contributed by atoms with Crippen molar-refractivity contribution >= 4 is 5.52 Å². The summed E-state index contributed by atoms with van der Waals surface area (Å²) in [7, 11) is 0. The molecule has 2 heterocycles. The van der Waals surface area contributed by atoms with E-state index in [-0.39, 0.29) is 5.56 Å². The molecular formula is C11H8N4O. The van der Waals surface area contributed by atoms with Crippen molar-refractivity contribution in [2.24, 2.45) is 0 Å². The van der Waals surface area contributed by atoms with E-state index in [1.165, 1.54) is 10.8 Å². The van der Waals surface area contributed by atoms with Gasteiger partial charge in [-0.15, -0.1) is 0 Å². The van der Waals surface area contributed by atoms with E-state index >= 15 is 0 Å². The van der Waals surface area contributed by atoms with Crippen LogP contribution in [0.25, 0.3) is 16.8 Å². The molecule has 78 valence electrons. The van der Waals surface area contributed by atoms with Crippen LogP contribution >= 0.6 is 0 Å². The second-order valence-corrected chi connectivity index (χ2v) is 3.41. The summed E-state index contributed by atoms with van der Waals surface area (Å²) in [5.74, 6) is 0. The third kappa shape index (κ3) is 1.30. The topological polar surface area (TPSA) is 63.0 Å². The van der Waals surface area contributed by atoms with Gasteiger partial charge in [0.05, 0.1) is 5.69 Å². The van der Waals surface area contributed by atoms with Crippen molar-refractivity contribution in [3.63, 3.8) is 0 Å². The molecule has 0 aliphatic rings. The molecule has 1 aromatic carbocycles. The maximum Gasteiger partial charge on any atom is 0.290 e. The summed E-state index contributed by atoms with van der Waals surface area (Å²) >= 11 is 0. The van der Waals surface area contributed by atoms with Crippen molar-refractivity contribution in [1.29, 1.82) is 0 Å². The quantitative estimate of drug-likeness (QED) is 0.656. The molecule has 0 radical (unpaired) electrons. The summed E-state index contributed by atoms with van der Waals surface area (Å²) in [6.07, 6.45) is 1.48. The first kappa shape index (κ1) is 8.84. The molecule has 0 unspecified atom stereocenters. The zero-order chi connectivity index (χ0) is 11.0. The standard InChI is InChI=1S/C11H8N4O/c16-11-10-6-9(8-4-2-1-3-5-8)14-15(10)7-12-13-11/h1-7H,(H,13,16). The number of hydrogen-bond acceptors (Lipinski definition) is 3. The molecule has 3 aromatic rings. The lowest BCUT2D eigenvalue weighted by molar-refractivity contribution is 0.848. The number of H-pyrrole nitrogens is 1. The number of nitrogens with one attached hydrogen (secondary N) is 1. The second-order valence-electron chi connectivity index (χ2n) is 3.41. The normalized spacial score (nSPS) is 10.8. The average Bonchev–Trinajstić information content (AvgIpc) is 2.76. The van der Waals surface area contributed by atoms with Gasteiger partial charge in [0.2, 0.25) is 0 Å². The number of aromatic nitrogens is 4. The Morgan fingerprint density at radius 1 is 1.19 bits per heavy atom. The Hall–Kier alpha value is -2.43. The van der Waals surface area contributed by atoms with Crippen LogP contribution in [0.15, 0.2) is 47.5 Å². The van der Waals surface area contributed by atoms with Crippen LogP contribution in [0.4, 0.5) is 0 Å². The molecule has 0 amide bonds. The maximum absolute atomic E-state index is 11.4. The summed E-state index contributed by atoms with van der Waals surface area (Å²) < 4.78 is 1.47. The smallest absolute Gasteiger partial charge is 0.266 e. The summed E-state index contributed by atoms with van der Waals surface area (Å²) in [5, 5.41) is 10.3. The monoisotopic (exact) mass is 212 g/mol. The van der Waals surface area contributed by atoms with Crippen molar-refractivity contribution in [3.8, 4) is 11.3 Å². The largest absolute Gasteiger partial charge is 0.290 e. The van der Waals surface area contributed by atoms with Gasteiger partial charge in [0.25, 0.3) is 5.56 Å². The molecule has 0 aliphatic carbocycles. The van der Waals surface area contributed by atoms with Gasteiger partial charge in [-0.3, -0.25) is 4.79 Å². The van der Waals surface area contributed by atoms with Gasteiger partial charge in [-0.05, 0) is 6.07 Å². The molecule has 0 spiro atoms. The Balaban J connectivity index is 2.28. The lowest BCUT2D eigenvalue weighted by Crippen LogP contribution is -2.10. The number of fused-ring (bicyclic) bond motifs is 1. The van der Waals surface area contributed by atoms with E-state index in [0.29, 0.717) is 5.52 Å². The zero-order valence-electron chi connectivity index (χ0n) is 8.29. The minimum absolute atomic E-state index is 0.239. The van der Waals surface area contributed by atoms with E-state index in [4.69, 9.17) is 0 Å². The van der Waals surface area contributed by atoms with Crippen molar-refractivity contribution < 1.29 is 0 Å². The predicted molar refractivity (Wildman–Crippen MR) is 59.0 cm³/mol. The SMILES string of the molecule is O=c1[nH]ncn2nc(-c3ccccc3)cc12. The number of aromatic amines is 1. The molecule has 0 atom stereocenters. The summed E-state index contributed by atoms with van der Waals surface area (Å²) in [6.45, 7) is 0. The molecule has 3 rings (SSSR count). The molecule has 0 saturated heterocycles. The highest BCUT2D eigenvalue weighted by atomic mass is 16.1. The highest BCUT2D eigenvalue weighted by Gasteiger charge is 2.05. The fourth-order valence-corrected chi connectivity index (χ4v) is 1.60. The van der Waals surface area contributed by atoms with Crippen LogP contribution in [0.1, 0.15) is 0 Å². The van der Waals surface area contributed by atoms with E-state index in [1.54, 1.807) is 6.07 Å². The Bertz CT molecular complexity index is 684. The molecule has 2 aromatic heterocycles. The van der Waals surface area contributed by atoms with Gasteiger partial charge in [0, 0.05) is 5.56 Å². The van der Waals surface area contributed by atoms with Gasteiger partial charge >= 0.3 is 0 Å². The fourth-order valence-electron chi connectivity index (χ4n) is 1.60. The molecule has 16 heavy (non-hydrogen) atoms. The Morgan fingerprint density at radius 3 is 2.75 bits per heavy atom. The average molecular weight is 212 g/mol.